The molecule has 4 nitrogen and oxygen atoms in total. The van der Waals surface area contributed by atoms with Crippen molar-refractivity contribution in [2.75, 3.05) is 7.11 Å². The van der Waals surface area contributed by atoms with Crippen LogP contribution in [-0.4, -0.2) is 16.9 Å². The predicted octanol–water partition coefficient (Wildman–Crippen LogP) is 2.47. The van der Waals surface area contributed by atoms with Gasteiger partial charge in [0.05, 0.1) is 12.4 Å². The summed E-state index contributed by atoms with van der Waals surface area (Å²) in [6, 6.07) is 12.4. The van der Waals surface area contributed by atoms with Crippen LogP contribution in [0.15, 0.2) is 42.5 Å². The quantitative estimate of drug-likeness (QED) is 0.846. The van der Waals surface area contributed by atoms with E-state index in [9.17, 15) is 14.4 Å². The Labute approximate surface area is 111 Å². The van der Waals surface area contributed by atoms with Crippen molar-refractivity contribution in [3.8, 4) is 16.9 Å². The van der Waals surface area contributed by atoms with Crippen molar-refractivity contribution >= 4 is 12.9 Å². The molecule has 19 heavy (non-hydrogen) atoms. The molecule has 0 heterocycles. The van der Waals surface area contributed by atoms with Gasteiger partial charge in [-0.05, 0) is 30.2 Å². The third kappa shape index (κ3) is 2.71. The zero-order valence-corrected chi connectivity index (χ0v) is 11.6. The molecule has 0 fully saturated rings. The summed E-state index contributed by atoms with van der Waals surface area (Å²) < 4.78 is 16.8. The van der Waals surface area contributed by atoms with Crippen molar-refractivity contribution in [1.82, 2.24) is 0 Å². The van der Waals surface area contributed by atoms with Crippen molar-refractivity contribution in [3.05, 3.63) is 48.0 Å². The Bertz CT molecular complexity index is 631. The van der Waals surface area contributed by atoms with Gasteiger partial charge in [0.15, 0.2) is 0 Å². The lowest BCUT2D eigenvalue weighted by atomic mass is 9.99. The molecule has 0 aliphatic carbocycles. The lowest BCUT2D eigenvalue weighted by Gasteiger charge is -2.16. The zero-order chi connectivity index (χ0) is 14.0. The zero-order valence-electron chi connectivity index (χ0n) is 10.7. The summed E-state index contributed by atoms with van der Waals surface area (Å²) in [7, 11) is -2.75. The van der Waals surface area contributed by atoms with E-state index < -0.39 is 7.60 Å². The summed E-state index contributed by atoms with van der Waals surface area (Å²) in [4.78, 5) is 18.8. The molecule has 0 radical (unpaired) electrons. The van der Waals surface area contributed by atoms with Crippen LogP contribution in [0, 0.1) is 6.92 Å². The first kappa shape index (κ1) is 13.8. The maximum absolute atomic E-state index is 11.5. The minimum absolute atomic E-state index is 0.0344. The Morgan fingerprint density at radius 1 is 1.05 bits per heavy atom. The fraction of sp³-hybridized carbons (Fsp3) is 0.143. The van der Waals surface area contributed by atoms with Crippen LogP contribution in [0.2, 0.25) is 0 Å². The summed E-state index contributed by atoms with van der Waals surface area (Å²) in [6.07, 6.45) is 0. The molecule has 0 saturated heterocycles. The average molecular weight is 278 g/mol. The van der Waals surface area contributed by atoms with Gasteiger partial charge >= 0.3 is 7.60 Å². The smallest absolute Gasteiger partial charge is 0.356 e. The van der Waals surface area contributed by atoms with Gasteiger partial charge in [-0.15, -0.1) is 0 Å². The molecular formula is C14H15O4P. The van der Waals surface area contributed by atoms with Crippen LogP contribution in [-0.2, 0) is 4.57 Å². The summed E-state index contributed by atoms with van der Waals surface area (Å²) in [5.74, 6) is 0.598. The number of methoxy groups -OCH3 is 1. The SMILES string of the molecule is COc1ccc(P(=O)(O)O)c(C)c1-c1ccccc1. The first-order valence-corrected chi connectivity index (χ1v) is 7.35. The van der Waals surface area contributed by atoms with Gasteiger partial charge in [0, 0.05) is 5.56 Å². The molecule has 5 heteroatoms. The highest BCUT2D eigenvalue weighted by atomic mass is 31.2. The molecule has 0 aliphatic heterocycles. The summed E-state index contributed by atoms with van der Waals surface area (Å²) >= 11 is 0. The standard InChI is InChI=1S/C14H15O4P/c1-10-13(19(15,16)17)9-8-12(18-2)14(10)11-6-4-3-5-7-11/h3-9H,1-2H3,(H2,15,16,17). The van der Waals surface area contributed by atoms with Gasteiger partial charge in [-0.3, -0.25) is 4.57 Å². The molecular weight excluding hydrogens is 263 g/mol. The van der Waals surface area contributed by atoms with Gasteiger partial charge in [0.2, 0.25) is 0 Å². The maximum atomic E-state index is 11.5. The summed E-state index contributed by atoms with van der Waals surface area (Å²) in [5, 5.41) is 0.0344. The highest BCUT2D eigenvalue weighted by Gasteiger charge is 2.23. The molecule has 2 aromatic rings. The first-order chi connectivity index (χ1) is 8.95. The van der Waals surface area contributed by atoms with Gasteiger partial charge in [-0.25, -0.2) is 0 Å². The molecule has 0 spiro atoms. The van der Waals surface area contributed by atoms with Gasteiger partial charge < -0.3 is 14.5 Å². The van der Waals surface area contributed by atoms with E-state index in [4.69, 9.17) is 4.74 Å². The van der Waals surface area contributed by atoms with Gasteiger partial charge in [0.1, 0.15) is 5.75 Å². The Hall–Kier alpha value is -1.61. The van der Waals surface area contributed by atoms with Crippen molar-refractivity contribution in [2.24, 2.45) is 0 Å². The predicted molar refractivity (Wildman–Crippen MR) is 74.8 cm³/mol. The number of rotatable bonds is 3. The second-order valence-corrected chi connectivity index (χ2v) is 5.77. The van der Waals surface area contributed by atoms with Crippen LogP contribution in [0.3, 0.4) is 0 Å². The lowest BCUT2D eigenvalue weighted by Crippen LogP contribution is -2.10. The minimum atomic E-state index is -4.29. The molecule has 0 unspecified atom stereocenters. The van der Waals surface area contributed by atoms with E-state index in [1.807, 2.05) is 30.3 Å². The average Bonchev–Trinajstić information content (AvgIpc) is 2.37. The van der Waals surface area contributed by atoms with Crippen molar-refractivity contribution < 1.29 is 19.1 Å². The van der Waals surface area contributed by atoms with Crippen LogP contribution in [0.1, 0.15) is 5.56 Å². The minimum Gasteiger partial charge on any atom is -0.496 e. The van der Waals surface area contributed by atoms with Crippen molar-refractivity contribution in [2.45, 2.75) is 6.92 Å². The monoisotopic (exact) mass is 278 g/mol. The number of ether oxygens (including phenoxy) is 1. The third-order valence-electron chi connectivity index (χ3n) is 2.99. The molecule has 0 aromatic heterocycles. The molecule has 0 amide bonds. The van der Waals surface area contributed by atoms with E-state index in [1.54, 1.807) is 20.1 Å². The Kier molecular flexibility index (Phi) is 3.76. The summed E-state index contributed by atoms with van der Waals surface area (Å²) in [5.41, 5.74) is 2.12. The largest absolute Gasteiger partial charge is 0.496 e. The topological polar surface area (TPSA) is 66.8 Å². The fourth-order valence-electron chi connectivity index (χ4n) is 2.13. The van der Waals surface area contributed by atoms with E-state index in [0.717, 1.165) is 5.56 Å². The highest BCUT2D eigenvalue weighted by Crippen LogP contribution is 2.40. The van der Waals surface area contributed by atoms with E-state index in [0.29, 0.717) is 16.9 Å². The Morgan fingerprint density at radius 3 is 2.21 bits per heavy atom. The molecule has 0 aliphatic rings. The molecule has 0 saturated carbocycles. The number of hydrogen-bond donors (Lipinski definition) is 2. The Balaban J connectivity index is 2.74. The van der Waals surface area contributed by atoms with E-state index in [1.165, 1.54) is 6.07 Å². The molecule has 2 N–H and O–H groups in total. The first-order valence-electron chi connectivity index (χ1n) is 5.74. The van der Waals surface area contributed by atoms with E-state index in [2.05, 4.69) is 0 Å². The van der Waals surface area contributed by atoms with E-state index >= 15 is 0 Å². The van der Waals surface area contributed by atoms with Crippen LogP contribution in [0.25, 0.3) is 11.1 Å². The van der Waals surface area contributed by atoms with Gasteiger partial charge in [-0.2, -0.15) is 0 Å². The molecule has 2 aromatic carbocycles. The van der Waals surface area contributed by atoms with Crippen LogP contribution in [0.5, 0.6) is 5.75 Å². The van der Waals surface area contributed by atoms with Crippen LogP contribution in [0.4, 0.5) is 0 Å². The lowest BCUT2D eigenvalue weighted by molar-refractivity contribution is 0.387. The van der Waals surface area contributed by atoms with Gasteiger partial charge in [-0.1, -0.05) is 30.3 Å². The van der Waals surface area contributed by atoms with Crippen molar-refractivity contribution in [3.63, 3.8) is 0 Å². The second kappa shape index (κ2) is 5.17. The maximum Gasteiger partial charge on any atom is 0.356 e. The number of hydrogen-bond acceptors (Lipinski definition) is 2. The fourth-order valence-corrected chi connectivity index (χ4v) is 2.94. The van der Waals surface area contributed by atoms with Crippen molar-refractivity contribution in [1.29, 1.82) is 0 Å². The van der Waals surface area contributed by atoms with Crippen LogP contribution >= 0.6 is 7.60 Å². The van der Waals surface area contributed by atoms with Crippen LogP contribution < -0.4 is 10.0 Å². The molecule has 2 rings (SSSR count). The Morgan fingerprint density at radius 2 is 1.68 bits per heavy atom. The molecule has 0 atom stereocenters. The van der Waals surface area contributed by atoms with Gasteiger partial charge in [0.25, 0.3) is 0 Å². The third-order valence-corrected chi connectivity index (χ3v) is 4.11. The highest BCUT2D eigenvalue weighted by molar-refractivity contribution is 7.60. The van der Waals surface area contributed by atoms with E-state index in [-0.39, 0.29) is 5.30 Å². The normalized spacial score (nSPS) is 11.4. The summed E-state index contributed by atoms with van der Waals surface area (Å²) in [6.45, 7) is 1.69. The molecule has 100 valence electrons. The second-order valence-electron chi connectivity index (χ2n) is 4.20. The molecule has 0 bridgehead atoms. The number of benzene rings is 2.